The van der Waals surface area contributed by atoms with E-state index < -0.39 is 124 Å². The number of unbranched alkanes of at least 4 members (excludes halogenated alkanes) is 15. The van der Waals surface area contributed by atoms with Crippen LogP contribution in [0.15, 0.2) is 0 Å². The molecule has 1 amide bonds. The molecule has 0 aromatic heterocycles. The predicted molar refractivity (Wildman–Crippen MR) is 222 cm³/mol. The average Bonchev–Trinajstić information content (AvgIpc) is 3.27. The molecule has 17 unspecified atom stereocenters. The normalized spacial score (nSPS) is 35.1. The Kier molecular flexibility index (Phi) is 26.8. The quantitative estimate of drug-likeness (QED) is 0.0399. The van der Waals surface area contributed by atoms with Crippen LogP contribution in [0.1, 0.15) is 136 Å². The van der Waals surface area contributed by atoms with E-state index in [1.807, 2.05) is 6.92 Å². The van der Waals surface area contributed by atoms with E-state index in [2.05, 4.69) is 12.2 Å². The third-order valence-electron chi connectivity index (χ3n) is 12.2. The molecule has 3 heterocycles. The first-order chi connectivity index (χ1) is 29.8. The molecule has 3 aliphatic rings. The number of nitrogens with one attached hydrogen (secondary N) is 1. The fourth-order valence-electron chi connectivity index (χ4n) is 8.17. The minimum absolute atomic E-state index is 0.243. The van der Waals surface area contributed by atoms with E-state index in [0.29, 0.717) is 12.8 Å². The van der Waals surface area contributed by atoms with Crippen LogP contribution in [0, 0.1) is 0 Å². The summed E-state index contributed by atoms with van der Waals surface area (Å²) in [5.41, 5.74) is 0. The molecule has 0 aliphatic carbocycles. The Morgan fingerprint density at radius 1 is 0.516 bits per heavy atom. The molecule has 3 saturated heterocycles. The summed E-state index contributed by atoms with van der Waals surface area (Å²) in [6, 6.07) is -0.874. The third kappa shape index (κ3) is 17.2. The predicted octanol–water partition coefficient (Wildman–Crippen LogP) is -0.251. The first-order valence-corrected chi connectivity index (χ1v) is 23.3. The molecular weight excluding hydrogens is 818 g/mol. The van der Waals surface area contributed by atoms with Crippen molar-refractivity contribution in [3.05, 3.63) is 0 Å². The Morgan fingerprint density at radius 3 is 1.39 bits per heavy atom. The molecule has 0 aromatic carbocycles. The van der Waals surface area contributed by atoms with Gasteiger partial charge >= 0.3 is 0 Å². The number of hydrogen-bond acceptors (Lipinski definition) is 18. The number of aliphatic hydroxyl groups excluding tert-OH is 11. The number of carbonyl (C=O) groups is 1. The number of carbonyl (C=O) groups excluding carboxylic acids is 1. The summed E-state index contributed by atoms with van der Waals surface area (Å²) >= 11 is 0. The van der Waals surface area contributed by atoms with Crippen LogP contribution in [-0.2, 0) is 33.2 Å². The van der Waals surface area contributed by atoms with Gasteiger partial charge in [0.2, 0.25) is 5.91 Å². The van der Waals surface area contributed by atoms with Gasteiger partial charge in [-0.3, -0.25) is 4.79 Å². The lowest BCUT2D eigenvalue weighted by Gasteiger charge is -2.48. The minimum Gasteiger partial charge on any atom is -0.394 e. The van der Waals surface area contributed by atoms with Crippen molar-refractivity contribution in [1.29, 1.82) is 0 Å². The molecular formula is C43H81NO18. The van der Waals surface area contributed by atoms with Gasteiger partial charge in [0, 0.05) is 6.42 Å². The van der Waals surface area contributed by atoms with Gasteiger partial charge in [-0.15, -0.1) is 0 Å². The van der Waals surface area contributed by atoms with Crippen molar-refractivity contribution in [3.8, 4) is 0 Å². The van der Waals surface area contributed by atoms with Crippen molar-refractivity contribution < 1.29 is 89.4 Å². The zero-order valence-electron chi connectivity index (χ0n) is 36.9. The topological polar surface area (TPSA) is 307 Å². The molecule has 0 saturated carbocycles. The van der Waals surface area contributed by atoms with Crippen LogP contribution < -0.4 is 5.32 Å². The largest absolute Gasteiger partial charge is 0.394 e. The fourth-order valence-corrected chi connectivity index (χ4v) is 8.17. The van der Waals surface area contributed by atoms with Crippen molar-refractivity contribution in [2.45, 2.75) is 240 Å². The molecule has 366 valence electrons. The lowest BCUT2D eigenvalue weighted by molar-refractivity contribution is -0.379. The van der Waals surface area contributed by atoms with Crippen LogP contribution in [0.25, 0.3) is 0 Å². The standard InChI is InChI=1S/C43H81NO18/c1-3-5-7-8-9-10-11-12-13-14-15-16-17-18-19-20-27(48)26(44-31(49)21-6-4-2)25-57-41-37(55)34(52)39(29(23-46)59-41)62-43-38(56)35(53)40(30(24-47)60-43)61-42-36(54)33(51)32(50)28(22-45)58-42/h26-30,32-43,45-48,50-56H,3-25H2,1-2H3,(H,44,49). The summed E-state index contributed by atoms with van der Waals surface area (Å²) < 4.78 is 33.9. The highest BCUT2D eigenvalue weighted by Crippen LogP contribution is 2.33. The summed E-state index contributed by atoms with van der Waals surface area (Å²) in [4.78, 5) is 12.7. The van der Waals surface area contributed by atoms with Gasteiger partial charge in [0.15, 0.2) is 18.9 Å². The first-order valence-electron chi connectivity index (χ1n) is 23.3. The number of aliphatic hydroxyl groups is 11. The molecule has 19 nitrogen and oxygen atoms in total. The highest BCUT2D eigenvalue weighted by atomic mass is 16.8. The summed E-state index contributed by atoms with van der Waals surface area (Å²) in [5, 5.41) is 119. The first kappa shape index (κ1) is 55.1. The molecule has 12 N–H and O–H groups in total. The van der Waals surface area contributed by atoms with Crippen molar-refractivity contribution in [3.63, 3.8) is 0 Å². The highest BCUT2D eigenvalue weighted by molar-refractivity contribution is 5.76. The van der Waals surface area contributed by atoms with Gasteiger partial charge in [0.1, 0.15) is 73.2 Å². The van der Waals surface area contributed by atoms with Gasteiger partial charge in [-0.1, -0.05) is 117 Å². The van der Waals surface area contributed by atoms with E-state index in [1.54, 1.807) is 0 Å². The third-order valence-corrected chi connectivity index (χ3v) is 12.2. The Hall–Kier alpha value is -1.21. The SMILES string of the molecule is CCCCCCCCCCCCCCCCCC(O)C(COC1OC(CO)C(OC2OC(CO)C(OC3OC(CO)C(O)C(O)C3O)C(O)C2O)C(O)C1O)NC(=O)CCCC. The number of hydrogen-bond donors (Lipinski definition) is 12. The lowest BCUT2D eigenvalue weighted by Crippen LogP contribution is -2.66. The minimum atomic E-state index is -1.96. The van der Waals surface area contributed by atoms with Crippen LogP contribution >= 0.6 is 0 Å². The fraction of sp³-hybridized carbons (Fsp3) is 0.977. The monoisotopic (exact) mass is 900 g/mol. The number of rotatable bonds is 31. The van der Waals surface area contributed by atoms with E-state index in [4.69, 9.17) is 28.4 Å². The molecule has 3 aliphatic heterocycles. The molecule has 0 radical (unpaired) electrons. The van der Waals surface area contributed by atoms with E-state index in [1.165, 1.54) is 70.6 Å². The Labute approximate surface area is 366 Å². The zero-order valence-corrected chi connectivity index (χ0v) is 36.9. The van der Waals surface area contributed by atoms with Crippen LogP contribution in [0.5, 0.6) is 0 Å². The van der Waals surface area contributed by atoms with Crippen molar-refractivity contribution in [1.82, 2.24) is 5.32 Å². The summed E-state index contributed by atoms with van der Waals surface area (Å²) in [6.07, 6.45) is -6.28. The smallest absolute Gasteiger partial charge is 0.220 e. The van der Waals surface area contributed by atoms with Gasteiger partial charge in [-0.2, -0.15) is 0 Å². The molecule has 0 aromatic rings. The maximum atomic E-state index is 12.7. The lowest BCUT2D eigenvalue weighted by atomic mass is 9.96. The van der Waals surface area contributed by atoms with Gasteiger partial charge in [0.05, 0.1) is 38.6 Å². The second kappa shape index (κ2) is 30.1. The van der Waals surface area contributed by atoms with Gasteiger partial charge in [0.25, 0.3) is 0 Å². The van der Waals surface area contributed by atoms with E-state index in [-0.39, 0.29) is 18.9 Å². The summed E-state index contributed by atoms with van der Waals surface area (Å²) in [7, 11) is 0. The Balaban J connectivity index is 1.50. The second-order valence-electron chi connectivity index (χ2n) is 17.2. The maximum absolute atomic E-state index is 12.7. The van der Waals surface area contributed by atoms with Gasteiger partial charge in [-0.25, -0.2) is 0 Å². The zero-order chi connectivity index (χ0) is 45.6. The Morgan fingerprint density at radius 2 is 0.919 bits per heavy atom. The van der Waals surface area contributed by atoms with Gasteiger partial charge < -0.3 is 89.9 Å². The maximum Gasteiger partial charge on any atom is 0.220 e. The van der Waals surface area contributed by atoms with E-state index in [9.17, 15) is 61.0 Å². The molecule has 62 heavy (non-hydrogen) atoms. The number of ether oxygens (including phenoxy) is 6. The van der Waals surface area contributed by atoms with Crippen LogP contribution in [0.2, 0.25) is 0 Å². The van der Waals surface area contributed by atoms with Crippen molar-refractivity contribution >= 4 is 5.91 Å². The van der Waals surface area contributed by atoms with Crippen molar-refractivity contribution in [2.75, 3.05) is 26.4 Å². The molecule has 3 rings (SSSR count). The average molecular weight is 900 g/mol. The highest BCUT2D eigenvalue weighted by Gasteiger charge is 2.53. The van der Waals surface area contributed by atoms with Crippen molar-refractivity contribution in [2.24, 2.45) is 0 Å². The van der Waals surface area contributed by atoms with E-state index >= 15 is 0 Å². The summed E-state index contributed by atoms with van der Waals surface area (Å²) in [5.74, 6) is -0.280. The Bertz CT molecular complexity index is 1170. The number of amides is 1. The molecule has 0 bridgehead atoms. The second-order valence-corrected chi connectivity index (χ2v) is 17.2. The molecule has 3 fully saturated rings. The molecule has 0 spiro atoms. The van der Waals surface area contributed by atoms with E-state index in [0.717, 1.165) is 32.1 Å². The van der Waals surface area contributed by atoms with Crippen LogP contribution in [0.4, 0.5) is 0 Å². The molecule has 17 atom stereocenters. The van der Waals surface area contributed by atoms with Gasteiger partial charge in [-0.05, 0) is 12.8 Å². The van der Waals surface area contributed by atoms with Crippen LogP contribution in [0.3, 0.4) is 0 Å². The molecule has 19 heteroatoms. The summed E-state index contributed by atoms with van der Waals surface area (Å²) in [6.45, 7) is 1.49. The van der Waals surface area contributed by atoms with Crippen LogP contribution in [-0.4, -0.2) is 193 Å².